The molecule has 2 aromatic rings. The predicted molar refractivity (Wildman–Crippen MR) is 88.3 cm³/mol. The van der Waals surface area contributed by atoms with E-state index in [0.29, 0.717) is 27.9 Å². The minimum atomic E-state index is -0.808. The van der Waals surface area contributed by atoms with E-state index >= 15 is 0 Å². The maximum absolute atomic E-state index is 9.72. The van der Waals surface area contributed by atoms with Crippen molar-refractivity contribution < 1.29 is 4.74 Å². The molecule has 3 rings (SSSR count). The molecule has 3 N–H and O–H groups in total. The second kappa shape index (κ2) is 5.48. The molecular weight excluding hydrogens is 335 g/mol. The number of nitriles is 1. The smallest absolute Gasteiger partial charge is 0.244 e. The highest BCUT2D eigenvalue weighted by Crippen LogP contribution is 2.50. The Bertz CT molecular complexity index is 845. The normalized spacial score (nSPS) is 20.0. The summed E-state index contributed by atoms with van der Waals surface area (Å²) in [5, 5.41) is 17.8. The van der Waals surface area contributed by atoms with Crippen LogP contribution in [0.3, 0.4) is 0 Å². The molecule has 0 saturated carbocycles. The van der Waals surface area contributed by atoms with Crippen LogP contribution in [-0.4, -0.2) is 10.2 Å². The van der Waals surface area contributed by atoms with Gasteiger partial charge in [0, 0.05) is 15.7 Å². The third-order valence-corrected chi connectivity index (χ3v) is 4.65. The number of nitrogens with zero attached hydrogens (tertiary/aromatic N) is 2. The molecular formula is C16H14Cl2N4O. The summed E-state index contributed by atoms with van der Waals surface area (Å²) in [6.07, 6.45) is 0.573. The number of H-pyrrole nitrogens is 1. The SMILES string of the molecule is CCC1(c2cc(Cl)cc(Cl)c2)C(C#N)=C(N)Oc2n[nH]c(C)c21. The van der Waals surface area contributed by atoms with E-state index in [0.717, 1.165) is 16.8 Å². The van der Waals surface area contributed by atoms with E-state index in [1.165, 1.54) is 0 Å². The highest BCUT2D eigenvalue weighted by Gasteiger charge is 2.47. The van der Waals surface area contributed by atoms with Crippen LogP contribution in [0.2, 0.25) is 10.0 Å². The van der Waals surface area contributed by atoms with Crippen molar-refractivity contribution in [1.29, 1.82) is 5.26 Å². The second-order valence-electron chi connectivity index (χ2n) is 5.40. The summed E-state index contributed by atoms with van der Waals surface area (Å²) in [7, 11) is 0. The van der Waals surface area contributed by atoms with Crippen LogP contribution in [0.25, 0.3) is 0 Å². The molecule has 5 nitrogen and oxygen atoms in total. The number of allylic oxidation sites excluding steroid dienone is 1. The number of rotatable bonds is 2. The topological polar surface area (TPSA) is 87.7 Å². The van der Waals surface area contributed by atoms with Crippen LogP contribution in [0.5, 0.6) is 5.88 Å². The number of fused-ring (bicyclic) bond motifs is 1. The van der Waals surface area contributed by atoms with Crippen molar-refractivity contribution in [1.82, 2.24) is 10.2 Å². The van der Waals surface area contributed by atoms with Crippen molar-refractivity contribution in [2.75, 3.05) is 0 Å². The van der Waals surface area contributed by atoms with Crippen LogP contribution >= 0.6 is 23.2 Å². The lowest BCUT2D eigenvalue weighted by Gasteiger charge is -2.36. The van der Waals surface area contributed by atoms with Gasteiger partial charge in [-0.2, -0.15) is 5.26 Å². The van der Waals surface area contributed by atoms with Gasteiger partial charge < -0.3 is 10.5 Å². The first-order chi connectivity index (χ1) is 10.9. The van der Waals surface area contributed by atoms with Crippen molar-refractivity contribution in [3.05, 3.63) is 56.5 Å². The summed E-state index contributed by atoms with van der Waals surface area (Å²) >= 11 is 12.4. The van der Waals surface area contributed by atoms with Crippen LogP contribution in [0.15, 0.2) is 29.7 Å². The number of aromatic nitrogens is 2. The molecule has 0 amide bonds. The van der Waals surface area contributed by atoms with E-state index in [9.17, 15) is 5.26 Å². The van der Waals surface area contributed by atoms with Crippen LogP contribution in [0.1, 0.15) is 30.2 Å². The van der Waals surface area contributed by atoms with E-state index in [1.807, 2.05) is 13.8 Å². The molecule has 1 aliphatic heterocycles. The molecule has 2 heterocycles. The van der Waals surface area contributed by atoms with Crippen molar-refractivity contribution in [3.8, 4) is 11.9 Å². The number of aromatic amines is 1. The molecule has 1 atom stereocenters. The van der Waals surface area contributed by atoms with Crippen LogP contribution in [0, 0.1) is 18.3 Å². The minimum Gasteiger partial charge on any atom is -0.420 e. The summed E-state index contributed by atoms with van der Waals surface area (Å²) in [4.78, 5) is 0. The summed E-state index contributed by atoms with van der Waals surface area (Å²) < 4.78 is 5.52. The number of hydrogen-bond donors (Lipinski definition) is 2. The van der Waals surface area contributed by atoms with Gasteiger partial charge in [0.1, 0.15) is 11.6 Å². The van der Waals surface area contributed by atoms with Gasteiger partial charge in [-0.3, -0.25) is 5.10 Å². The summed E-state index contributed by atoms with van der Waals surface area (Å²) in [6.45, 7) is 3.85. The van der Waals surface area contributed by atoms with Gasteiger partial charge in [-0.15, -0.1) is 5.10 Å². The number of aryl methyl sites for hydroxylation is 1. The van der Waals surface area contributed by atoms with Gasteiger partial charge in [0.2, 0.25) is 11.8 Å². The van der Waals surface area contributed by atoms with E-state index < -0.39 is 5.41 Å². The molecule has 1 aliphatic rings. The maximum Gasteiger partial charge on any atom is 0.244 e. The lowest BCUT2D eigenvalue weighted by molar-refractivity contribution is 0.353. The molecule has 0 spiro atoms. The number of nitrogens with two attached hydrogens (primary N) is 1. The van der Waals surface area contributed by atoms with Gasteiger partial charge in [-0.05, 0) is 37.1 Å². The van der Waals surface area contributed by atoms with Gasteiger partial charge >= 0.3 is 0 Å². The first-order valence-corrected chi connectivity index (χ1v) is 7.79. The van der Waals surface area contributed by atoms with Gasteiger partial charge in [-0.1, -0.05) is 30.1 Å². The Morgan fingerprint density at radius 2 is 2.00 bits per heavy atom. The number of nitrogens with one attached hydrogen (secondary N) is 1. The third kappa shape index (κ3) is 2.18. The van der Waals surface area contributed by atoms with E-state index in [2.05, 4.69) is 16.3 Å². The molecule has 0 bridgehead atoms. The molecule has 118 valence electrons. The van der Waals surface area contributed by atoms with Crippen molar-refractivity contribution >= 4 is 23.2 Å². The van der Waals surface area contributed by atoms with Gasteiger partial charge in [0.05, 0.1) is 11.0 Å². The molecule has 0 saturated heterocycles. The highest BCUT2D eigenvalue weighted by molar-refractivity contribution is 6.34. The minimum absolute atomic E-state index is 0.0458. The van der Waals surface area contributed by atoms with Crippen LogP contribution in [0.4, 0.5) is 0 Å². The summed E-state index contributed by atoms with van der Waals surface area (Å²) in [5.74, 6) is 0.418. The Hall–Kier alpha value is -2.16. The fourth-order valence-corrected chi connectivity index (χ4v) is 3.80. The number of benzene rings is 1. The van der Waals surface area contributed by atoms with Crippen molar-refractivity contribution in [3.63, 3.8) is 0 Å². The highest BCUT2D eigenvalue weighted by atomic mass is 35.5. The van der Waals surface area contributed by atoms with Gasteiger partial charge in [0.15, 0.2) is 0 Å². The van der Waals surface area contributed by atoms with Crippen molar-refractivity contribution in [2.45, 2.75) is 25.7 Å². The zero-order valence-electron chi connectivity index (χ0n) is 12.6. The fraction of sp³-hybridized carbons (Fsp3) is 0.250. The predicted octanol–water partition coefficient (Wildman–Crippen LogP) is 3.81. The first kappa shape index (κ1) is 15.7. The number of halogens is 2. The Morgan fingerprint density at radius 1 is 1.35 bits per heavy atom. The fourth-order valence-electron chi connectivity index (χ4n) is 3.27. The molecule has 7 heteroatoms. The van der Waals surface area contributed by atoms with E-state index in [4.69, 9.17) is 33.7 Å². The van der Waals surface area contributed by atoms with Gasteiger partial charge in [0.25, 0.3) is 0 Å². The van der Waals surface area contributed by atoms with Crippen LogP contribution < -0.4 is 10.5 Å². The standard InChI is InChI=1S/C16H14Cl2N4O/c1-3-16(9-4-10(17)6-11(18)5-9)12(7-19)14(20)23-15-13(16)8(2)21-22-15/h4-6H,3,20H2,1-2H3,(H,21,22). The third-order valence-electron chi connectivity index (χ3n) is 4.22. The Morgan fingerprint density at radius 3 is 2.57 bits per heavy atom. The molecule has 1 aromatic carbocycles. The lowest BCUT2D eigenvalue weighted by Crippen LogP contribution is -2.36. The molecule has 1 unspecified atom stereocenters. The van der Waals surface area contributed by atoms with E-state index in [1.54, 1.807) is 18.2 Å². The number of hydrogen-bond acceptors (Lipinski definition) is 4. The Kier molecular flexibility index (Phi) is 3.75. The maximum atomic E-state index is 9.72. The van der Waals surface area contributed by atoms with E-state index in [-0.39, 0.29) is 5.88 Å². The lowest BCUT2D eigenvalue weighted by atomic mass is 9.66. The largest absolute Gasteiger partial charge is 0.420 e. The Balaban J connectivity index is 2.43. The quantitative estimate of drug-likeness (QED) is 0.863. The molecule has 23 heavy (non-hydrogen) atoms. The van der Waals surface area contributed by atoms with Crippen molar-refractivity contribution in [2.24, 2.45) is 5.73 Å². The average Bonchev–Trinajstić information content (AvgIpc) is 2.86. The first-order valence-electron chi connectivity index (χ1n) is 7.04. The van der Waals surface area contributed by atoms with Crippen LogP contribution in [-0.2, 0) is 5.41 Å². The Labute approximate surface area is 143 Å². The van der Waals surface area contributed by atoms with Gasteiger partial charge in [-0.25, -0.2) is 0 Å². The molecule has 0 radical (unpaired) electrons. The summed E-state index contributed by atoms with van der Waals surface area (Å²) in [6, 6.07) is 7.43. The number of ether oxygens (including phenoxy) is 1. The molecule has 0 aliphatic carbocycles. The average molecular weight is 349 g/mol. The molecule has 1 aromatic heterocycles. The second-order valence-corrected chi connectivity index (χ2v) is 6.27. The zero-order chi connectivity index (χ0) is 16.8. The zero-order valence-corrected chi connectivity index (χ0v) is 14.1. The molecule has 0 fully saturated rings. The monoisotopic (exact) mass is 348 g/mol. The summed E-state index contributed by atoms with van der Waals surface area (Å²) in [5.41, 5.74) is 7.88.